The summed E-state index contributed by atoms with van der Waals surface area (Å²) < 4.78 is 26.9. The quantitative estimate of drug-likeness (QED) is 0.826. The predicted molar refractivity (Wildman–Crippen MR) is 84.3 cm³/mol. The molecule has 5 nitrogen and oxygen atoms in total. The van der Waals surface area contributed by atoms with Crippen molar-refractivity contribution in [3.05, 3.63) is 30.1 Å². The van der Waals surface area contributed by atoms with Gasteiger partial charge in [0.05, 0.1) is 5.75 Å². The summed E-state index contributed by atoms with van der Waals surface area (Å²) >= 11 is 0. The Kier molecular flexibility index (Phi) is 5.72. The largest absolute Gasteiger partial charge is 0.330 e. The molecule has 1 aromatic rings. The van der Waals surface area contributed by atoms with Crippen molar-refractivity contribution in [3.63, 3.8) is 0 Å². The first-order chi connectivity index (χ1) is 10.1. The van der Waals surface area contributed by atoms with E-state index in [4.69, 9.17) is 5.73 Å². The van der Waals surface area contributed by atoms with Crippen molar-refractivity contribution in [1.82, 2.24) is 9.29 Å². The Hall–Kier alpha value is -0.980. The number of sulfonamides is 1. The second-order valence-electron chi connectivity index (χ2n) is 5.58. The second-order valence-corrected chi connectivity index (χ2v) is 7.63. The fraction of sp³-hybridized carbons (Fsp3) is 0.667. The highest BCUT2D eigenvalue weighted by Crippen LogP contribution is 2.31. The summed E-state index contributed by atoms with van der Waals surface area (Å²) in [6, 6.07) is 5.66. The molecule has 0 spiro atoms. The zero-order valence-electron chi connectivity index (χ0n) is 12.6. The average molecular weight is 311 g/mol. The van der Waals surface area contributed by atoms with Gasteiger partial charge in [0.15, 0.2) is 0 Å². The lowest BCUT2D eigenvalue weighted by Crippen LogP contribution is -2.45. The van der Waals surface area contributed by atoms with Gasteiger partial charge in [-0.2, -0.15) is 4.31 Å². The zero-order chi connectivity index (χ0) is 15.3. The third kappa shape index (κ3) is 4.02. The van der Waals surface area contributed by atoms with E-state index in [0.29, 0.717) is 25.4 Å². The van der Waals surface area contributed by atoms with Gasteiger partial charge >= 0.3 is 0 Å². The lowest BCUT2D eigenvalue weighted by molar-refractivity contribution is 0.276. The Bertz CT molecular complexity index is 533. The predicted octanol–water partition coefficient (Wildman–Crippen LogP) is 1.40. The highest BCUT2D eigenvalue weighted by Gasteiger charge is 2.36. The summed E-state index contributed by atoms with van der Waals surface area (Å²) in [7, 11) is -3.26. The molecular weight excluding hydrogens is 286 g/mol. The number of aryl methyl sites for hydroxylation is 1. The van der Waals surface area contributed by atoms with Gasteiger partial charge in [0.2, 0.25) is 10.0 Å². The molecule has 0 bridgehead atoms. The van der Waals surface area contributed by atoms with E-state index < -0.39 is 10.0 Å². The lowest BCUT2D eigenvalue weighted by atomic mass is 10.0. The van der Waals surface area contributed by atoms with Crippen LogP contribution in [0, 0.1) is 5.92 Å². The molecule has 21 heavy (non-hydrogen) atoms. The van der Waals surface area contributed by atoms with Crippen LogP contribution in [-0.4, -0.2) is 42.6 Å². The molecule has 0 radical (unpaired) electrons. The van der Waals surface area contributed by atoms with Crippen LogP contribution in [0.1, 0.15) is 31.9 Å². The zero-order valence-corrected chi connectivity index (χ0v) is 13.4. The molecule has 118 valence electrons. The molecule has 0 aliphatic heterocycles. The molecule has 2 rings (SSSR count). The van der Waals surface area contributed by atoms with Crippen LogP contribution >= 0.6 is 0 Å². The summed E-state index contributed by atoms with van der Waals surface area (Å²) in [5.74, 6) is 0.417. The van der Waals surface area contributed by atoms with Gasteiger partial charge in [-0.25, -0.2) is 8.42 Å². The smallest absolute Gasteiger partial charge is 0.214 e. The van der Waals surface area contributed by atoms with E-state index in [1.807, 2.05) is 25.1 Å². The third-order valence-corrected chi connectivity index (χ3v) is 6.27. The Morgan fingerprint density at radius 1 is 1.38 bits per heavy atom. The molecule has 0 saturated heterocycles. The van der Waals surface area contributed by atoms with Crippen molar-refractivity contribution in [2.75, 3.05) is 18.8 Å². The molecule has 1 heterocycles. The van der Waals surface area contributed by atoms with Gasteiger partial charge in [-0.1, -0.05) is 19.4 Å². The van der Waals surface area contributed by atoms with Crippen LogP contribution in [0.4, 0.5) is 0 Å². The molecule has 0 aromatic carbocycles. The number of pyridine rings is 1. The fourth-order valence-electron chi connectivity index (χ4n) is 3.21. The third-order valence-electron chi connectivity index (χ3n) is 4.30. The molecule has 2 unspecified atom stereocenters. The minimum Gasteiger partial charge on any atom is -0.330 e. The SMILES string of the molecule is CCN(C1CCCC1CN)S(=O)(=O)CCc1ccccn1. The molecule has 2 N–H and O–H groups in total. The number of aromatic nitrogens is 1. The normalized spacial score (nSPS) is 22.8. The van der Waals surface area contributed by atoms with Crippen molar-refractivity contribution in [3.8, 4) is 0 Å². The van der Waals surface area contributed by atoms with Crippen molar-refractivity contribution in [2.24, 2.45) is 11.7 Å². The van der Waals surface area contributed by atoms with Gasteiger partial charge in [0.1, 0.15) is 0 Å². The van der Waals surface area contributed by atoms with Crippen LogP contribution in [0.25, 0.3) is 0 Å². The molecule has 1 aromatic heterocycles. The Morgan fingerprint density at radius 3 is 2.81 bits per heavy atom. The van der Waals surface area contributed by atoms with Gasteiger partial charge in [-0.3, -0.25) is 4.98 Å². The van der Waals surface area contributed by atoms with E-state index in [1.54, 1.807) is 10.5 Å². The Labute approximate surface area is 127 Å². The van der Waals surface area contributed by atoms with E-state index in [2.05, 4.69) is 4.98 Å². The first-order valence-electron chi connectivity index (χ1n) is 7.68. The molecule has 1 aliphatic carbocycles. The monoisotopic (exact) mass is 311 g/mol. The van der Waals surface area contributed by atoms with Crippen LogP contribution < -0.4 is 5.73 Å². The molecule has 2 atom stereocenters. The maximum atomic E-state index is 12.6. The number of nitrogens with zero attached hydrogens (tertiary/aromatic N) is 2. The fourth-order valence-corrected chi connectivity index (χ4v) is 4.99. The van der Waals surface area contributed by atoms with Crippen molar-refractivity contribution >= 4 is 10.0 Å². The highest BCUT2D eigenvalue weighted by atomic mass is 32.2. The maximum Gasteiger partial charge on any atom is 0.214 e. The van der Waals surface area contributed by atoms with E-state index in [1.165, 1.54) is 0 Å². The summed E-state index contributed by atoms with van der Waals surface area (Å²) in [6.45, 7) is 2.99. The second kappa shape index (κ2) is 7.33. The highest BCUT2D eigenvalue weighted by molar-refractivity contribution is 7.89. The summed E-state index contributed by atoms with van der Waals surface area (Å²) in [5.41, 5.74) is 6.61. The van der Waals surface area contributed by atoms with E-state index in [0.717, 1.165) is 25.0 Å². The summed E-state index contributed by atoms with van der Waals surface area (Å²) in [6.07, 6.45) is 5.19. The van der Waals surface area contributed by atoms with Crippen molar-refractivity contribution in [2.45, 2.75) is 38.6 Å². The molecule has 6 heteroatoms. The van der Waals surface area contributed by atoms with E-state index in [9.17, 15) is 8.42 Å². The van der Waals surface area contributed by atoms with Crippen LogP contribution in [0.5, 0.6) is 0 Å². The first kappa shape index (κ1) is 16.4. The van der Waals surface area contributed by atoms with Crippen molar-refractivity contribution < 1.29 is 8.42 Å². The van der Waals surface area contributed by atoms with Crippen LogP contribution in [-0.2, 0) is 16.4 Å². The van der Waals surface area contributed by atoms with E-state index >= 15 is 0 Å². The van der Waals surface area contributed by atoms with E-state index in [-0.39, 0.29) is 11.8 Å². The van der Waals surface area contributed by atoms with Gasteiger partial charge in [-0.05, 0) is 37.4 Å². The van der Waals surface area contributed by atoms with Gasteiger partial charge in [0.25, 0.3) is 0 Å². The summed E-state index contributed by atoms with van der Waals surface area (Å²) in [5, 5.41) is 0. The molecule has 1 aliphatic rings. The van der Waals surface area contributed by atoms with Crippen LogP contribution in [0.2, 0.25) is 0 Å². The number of hydrogen-bond acceptors (Lipinski definition) is 4. The van der Waals surface area contributed by atoms with Crippen LogP contribution in [0.15, 0.2) is 24.4 Å². The van der Waals surface area contributed by atoms with Crippen LogP contribution in [0.3, 0.4) is 0 Å². The molecular formula is C15H25N3O2S. The van der Waals surface area contributed by atoms with Gasteiger partial charge in [-0.15, -0.1) is 0 Å². The lowest BCUT2D eigenvalue weighted by Gasteiger charge is -2.30. The molecule has 1 saturated carbocycles. The van der Waals surface area contributed by atoms with Crippen molar-refractivity contribution in [1.29, 1.82) is 0 Å². The maximum absolute atomic E-state index is 12.6. The minimum absolute atomic E-state index is 0.0775. The Balaban J connectivity index is 2.05. The first-order valence-corrected chi connectivity index (χ1v) is 9.29. The number of nitrogens with two attached hydrogens (primary N) is 1. The molecule has 1 fully saturated rings. The standard InChI is InChI=1S/C15H25N3O2S/c1-2-18(15-8-5-6-13(15)12-16)21(19,20)11-9-14-7-3-4-10-17-14/h3-4,7,10,13,15H,2,5-6,8-9,11-12,16H2,1H3. The number of hydrogen-bond donors (Lipinski definition) is 1. The topological polar surface area (TPSA) is 76.3 Å². The average Bonchev–Trinajstić information content (AvgIpc) is 2.95. The van der Waals surface area contributed by atoms with Gasteiger partial charge < -0.3 is 5.73 Å². The number of rotatable bonds is 7. The minimum atomic E-state index is -3.26. The van der Waals surface area contributed by atoms with Gasteiger partial charge in [0, 0.05) is 30.9 Å². The Morgan fingerprint density at radius 2 is 2.19 bits per heavy atom. The molecule has 0 amide bonds. The summed E-state index contributed by atoms with van der Waals surface area (Å²) in [4.78, 5) is 4.19.